The average molecular weight is 268 g/mol. The van der Waals surface area contributed by atoms with E-state index in [1.165, 1.54) is 12.8 Å². The molecule has 2 aromatic rings. The molecule has 1 unspecified atom stereocenters. The molecule has 3 heterocycles. The van der Waals surface area contributed by atoms with Gasteiger partial charge in [0.15, 0.2) is 0 Å². The average Bonchev–Trinajstić information content (AvgIpc) is 2.84. The normalized spacial score (nSPS) is 20.1. The number of nitrogens with one attached hydrogen (secondary N) is 1. The highest BCUT2D eigenvalue weighted by Crippen LogP contribution is 2.21. The smallest absolute Gasteiger partial charge is 0.102 e. The van der Waals surface area contributed by atoms with E-state index in [1.807, 2.05) is 35.8 Å². The van der Waals surface area contributed by atoms with Gasteiger partial charge in [-0.15, -0.1) is 0 Å². The Bertz CT molecular complexity index is 637. The minimum absolute atomic E-state index is 0.575. The van der Waals surface area contributed by atoms with Gasteiger partial charge in [0.2, 0.25) is 0 Å². The lowest BCUT2D eigenvalue weighted by Gasteiger charge is -2.32. The minimum Gasteiger partial charge on any atom is -0.322 e. The van der Waals surface area contributed by atoms with Crippen LogP contribution in [-0.2, 0) is 6.54 Å². The largest absolute Gasteiger partial charge is 0.322 e. The molecule has 1 N–H and O–H groups in total. The van der Waals surface area contributed by atoms with Gasteiger partial charge >= 0.3 is 0 Å². The number of likely N-dealkylation sites (tertiary alicyclic amines) is 1. The molecule has 1 atom stereocenters. The van der Waals surface area contributed by atoms with Gasteiger partial charge < -0.3 is 9.72 Å². The highest BCUT2D eigenvalue weighted by molar-refractivity contribution is 5.65. The van der Waals surface area contributed by atoms with E-state index in [0.717, 1.165) is 36.3 Å². The first kappa shape index (κ1) is 13.2. The predicted octanol–water partition coefficient (Wildman–Crippen LogP) is 1.99. The third-order valence-corrected chi connectivity index (χ3v) is 4.18. The molecule has 0 bridgehead atoms. The fourth-order valence-electron chi connectivity index (χ4n) is 3.10. The SMILES string of the molecule is CNC1CCCN(Cc2cn3ccccc3c2C#N)C1. The maximum Gasteiger partial charge on any atom is 0.102 e. The van der Waals surface area contributed by atoms with Gasteiger partial charge in [-0.25, -0.2) is 0 Å². The van der Waals surface area contributed by atoms with Crippen LogP contribution < -0.4 is 5.32 Å². The molecule has 20 heavy (non-hydrogen) atoms. The summed E-state index contributed by atoms with van der Waals surface area (Å²) in [5, 5.41) is 12.8. The van der Waals surface area contributed by atoms with E-state index in [4.69, 9.17) is 0 Å². The van der Waals surface area contributed by atoms with Crippen LogP contribution in [0.15, 0.2) is 30.6 Å². The molecule has 1 aliphatic heterocycles. The van der Waals surface area contributed by atoms with Crippen LogP contribution in [0.4, 0.5) is 0 Å². The van der Waals surface area contributed by atoms with Gasteiger partial charge in [0.1, 0.15) is 6.07 Å². The third kappa shape index (κ3) is 2.43. The Morgan fingerprint density at radius 1 is 1.45 bits per heavy atom. The van der Waals surface area contributed by atoms with Crippen LogP contribution in [0.25, 0.3) is 5.52 Å². The maximum atomic E-state index is 9.44. The fraction of sp³-hybridized carbons (Fsp3) is 0.438. The molecule has 0 aromatic carbocycles. The van der Waals surface area contributed by atoms with Crippen LogP contribution in [-0.4, -0.2) is 35.5 Å². The van der Waals surface area contributed by atoms with Gasteiger partial charge in [-0.3, -0.25) is 4.90 Å². The Kier molecular flexibility index (Phi) is 3.72. The van der Waals surface area contributed by atoms with E-state index in [-0.39, 0.29) is 0 Å². The van der Waals surface area contributed by atoms with E-state index in [1.54, 1.807) is 0 Å². The lowest BCUT2D eigenvalue weighted by atomic mass is 10.0. The van der Waals surface area contributed by atoms with Gasteiger partial charge in [-0.1, -0.05) is 6.07 Å². The highest BCUT2D eigenvalue weighted by atomic mass is 15.2. The van der Waals surface area contributed by atoms with Crippen molar-refractivity contribution in [3.63, 3.8) is 0 Å². The molecule has 0 saturated carbocycles. The number of fused-ring (bicyclic) bond motifs is 1. The molecule has 104 valence electrons. The summed E-state index contributed by atoms with van der Waals surface area (Å²) in [5.41, 5.74) is 2.96. The molecule has 4 nitrogen and oxygen atoms in total. The quantitative estimate of drug-likeness (QED) is 0.926. The molecule has 0 spiro atoms. The number of likely N-dealkylation sites (N-methyl/N-ethyl adjacent to an activating group) is 1. The van der Waals surface area contributed by atoms with Crippen molar-refractivity contribution >= 4 is 5.52 Å². The zero-order valence-electron chi connectivity index (χ0n) is 11.8. The van der Waals surface area contributed by atoms with Gasteiger partial charge in [0, 0.05) is 37.1 Å². The van der Waals surface area contributed by atoms with Crippen molar-refractivity contribution in [2.75, 3.05) is 20.1 Å². The summed E-state index contributed by atoms with van der Waals surface area (Å²) in [7, 11) is 2.03. The monoisotopic (exact) mass is 268 g/mol. The fourth-order valence-corrected chi connectivity index (χ4v) is 3.10. The summed E-state index contributed by atoms with van der Waals surface area (Å²) in [5.74, 6) is 0. The van der Waals surface area contributed by atoms with Crippen molar-refractivity contribution in [3.05, 3.63) is 41.7 Å². The number of rotatable bonds is 3. The Labute approximate surface area is 119 Å². The molecule has 1 saturated heterocycles. The first-order valence-corrected chi connectivity index (χ1v) is 7.20. The lowest BCUT2D eigenvalue weighted by molar-refractivity contribution is 0.188. The van der Waals surface area contributed by atoms with Crippen molar-refractivity contribution in [2.45, 2.75) is 25.4 Å². The van der Waals surface area contributed by atoms with E-state index < -0.39 is 0 Å². The Balaban J connectivity index is 1.85. The summed E-state index contributed by atoms with van der Waals surface area (Å²) in [6, 6.07) is 8.93. The van der Waals surface area contributed by atoms with Crippen LogP contribution in [0.3, 0.4) is 0 Å². The second-order valence-electron chi connectivity index (χ2n) is 5.50. The van der Waals surface area contributed by atoms with Crippen molar-refractivity contribution in [3.8, 4) is 6.07 Å². The first-order chi connectivity index (χ1) is 9.81. The first-order valence-electron chi connectivity index (χ1n) is 7.20. The standard InChI is InChI=1S/C16H20N4/c1-18-14-5-4-7-19(12-14)10-13-11-20-8-3-2-6-16(20)15(13)9-17/h2-3,6,8,11,14,18H,4-5,7,10,12H2,1H3. The molecular formula is C16H20N4. The van der Waals surface area contributed by atoms with Crippen molar-refractivity contribution in [1.82, 2.24) is 14.6 Å². The van der Waals surface area contributed by atoms with Crippen molar-refractivity contribution in [2.24, 2.45) is 0 Å². The van der Waals surface area contributed by atoms with E-state index in [9.17, 15) is 5.26 Å². The number of nitrogens with zero attached hydrogens (tertiary/aromatic N) is 3. The van der Waals surface area contributed by atoms with Crippen molar-refractivity contribution in [1.29, 1.82) is 5.26 Å². The van der Waals surface area contributed by atoms with Crippen LogP contribution in [0.1, 0.15) is 24.0 Å². The van der Waals surface area contributed by atoms with Crippen LogP contribution >= 0.6 is 0 Å². The molecule has 0 radical (unpaired) electrons. The van der Waals surface area contributed by atoms with Gasteiger partial charge in [0.25, 0.3) is 0 Å². The van der Waals surface area contributed by atoms with Crippen LogP contribution in [0.2, 0.25) is 0 Å². The van der Waals surface area contributed by atoms with Crippen molar-refractivity contribution < 1.29 is 0 Å². The summed E-state index contributed by atoms with van der Waals surface area (Å²) >= 11 is 0. The highest BCUT2D eigenvalue weighted by Gasteiger charge is 2.20. The molecule has 0 amide bonds. The number of hydrogen-bond acceptors (Lipinski definition) is 3. The predicted molar refractivity (Wildman–Crippen MR) is 79.5 cm³/mol. The topological polar surface area (TPSA) is 43.5 Å². The second kappa shape index (κ2) is 5.66. The number of hydrogen-bond donors (Lipinski definition) is 1. The summed E-state index contributed by atoms with van der Waals surface area (Å²) in [6.45, 7) is 3.05. The zero-order chi connectivity index (χ0) is 13.9. The van der Waals surface area contributed by atoms with E-state index in [2.05, 4.69) is 22.5 Å². The molecule has 2 aromatic heterocycles. The van der Waals surface area contributed by atoms with E-state index in [0.29, 0.717) is 6.04 Å². The lowest BCUT2D eigenvalue weighted by Crippen LogP contribution is -2.43. The molecule has 4 heteroatoms. The minimum atomic E-state index is 0.575. The molecule has 1 fully saturated rings. The molecule has 3 rings (SSSR count). The summed E-state index contributed by atoms with van der Waals surface area (Å²) in [6.07, 6.45) is 6.57. The Hall–Kier alpha value is -1.83. The van der Waals surface area contributed by atoms with E-state index >= 15 is 0 Å². The maximum absolute atomic E-state index is 9.44. The van der Waals surface area contributed by atoms with Crippen LogP contribution in [0, 0.1) is 11.3 Å². The molecule has 1 aliphatic rings. The zero-order valence-corrected chi connectivity index (χ0v) is 11.8. The second-order valence-corrected chi connectivity index (χ2v) is 5.50. The number of nitriles is 1. The van der Waals surface area contributed by atoms with Crippen LogP contribution in [0.5, 0.6) is 0 Å². The Morgan fingerprint density at radius 2 is 2.35 bits per heavy atom. The summed E-state index contributed by atoms with van der Waals surface area (Å²) < 4.78 is 2.05. The summed E-state index contributed by atoms with van der Waals surface area (Å²) in [4.78, 5) is 2.44. The molecular weight excluding hydrogens is 248 g/mol. The number of pyridine rings is 1. The third-order valence-electron chi connectivity index (χ3n) is 4.18. The van der Waals surface area contributed by atoms with Gasteiger partial charge in [0.05, 0.1) is 11.1 Å². The number of aromatic nitrogens is 1. The number of piperidine rings is 1. The van der Waals surface area contributed by atoms with Gasteiger partial charge in [-0.05, 0) is 38.6 Å². The Morgan fingerprint density at radius 3 is 3.15 bits per heavy atom. The van der Waals surface area contributed by atoms with Gasteiger partial charge in [-0.2, -0.15) is 5.26 Å². The molecule has 0 aliphatic carbocycles.